The molecule has 0 saturated heterocycles. The highest BCUT2D eigenvalue weighted by Gasteiger charge is 2.04. The second-order valence-electron chi connectivity index (χ2n) is 2.84. The lowest BCUT2D eigenvalue weighted by Gasteiger charge is -2.05. The van der Waals surface area contributed by atoms with Crippen molar-refractivity contribution in [1.29, 1.82) is 0 Å². The van der Waals surface area contributed by atoms with E-state index in [4.69, 9.17) is 0 Å². The van der Waals surface area contributed by atoms with E-state index in [1.165, 1.54) is 0 Å². The van der Waals surface area contributed by atoms with Crippen LogP contribution in [0.4, 0.5) is 5.69 Å². The molecule has 2 N–H and O–H groups in total. The summed E-state index contributed by atoms with van der Waals surface area (Å²) >= 11 is 3.04. The Hall–Kier alpha value is -1.36. The minimum atomic E-state index is -0.176. The average molecular weight is 271 g/mol. The molecule has 1 aromatic rings. The van der Waals surface area contributed by atoms with Gasteiger partial charge >= 0.3 is 0 Å². The van der Waals surface area contributed by atoms with Gasteiger partial charge in [-0.25, -0.2) is 0 Å². The van der Waals surface area contributed by atoms with E-state index >= 15 is 0 Å². The van der Waals surface area contributed by atoms with Gasteiger partial charge in [0.15, 0.2) is 0 Å². The smallest absolute Gasteiger partial charge is 0.251 e. The third-order valence-electron chi connectivity index (χ3n) is 1.76. The highest BCUT2D eigenvalue weighted by molar-refractivity contribution is 9.09. The van der Waals surface area contributed by atoms with Gasteiger partial charge in [0, 0.05) is 18.3 Å². The third-order valence-corrected chi connectivity index (χ3v) is 2.27. The predicted molar refractivity (Wildman–Crippen MR) is 62.3 cm³/mol. The molecule has 0 unspecified atom stereocenters. The molecule has 15 heavy (non-hydrogen) atoms. The minimum Gasteiger partial charge on any atom is -0.355 e. The second kappa shape index (κ2) is 5.50. The lowest BCUT2D eigenvalue weighted by atomic mass is 10.2. The van der Waals surface area contributed by atoms with Crippen LogP contribution in [-0.4, -0.2) is 24.2 Å². The summed E-state index contributed by atoms with van der Waals surface area (Å²) in [5.41, 5.74) is 1.13. The Morgan fingerprint density at radius 1 is 1.40 bits per heavy atom. The summed E-state index contributed by atoms with van der Waals surface area (Å²) in [6, 6.07) is 6.75. The van der Waals surface area contributed by atoms with Crippen LogP contribution in [0.1, 0.15) is 10.4 Å². The van der Waals surface area contributed by atoms with Gasteiger partial charge in [-0.05, 0) is 18.2 Å². The molecule has 80 valence electrons. The van der Waals surface area contributed by atoms with Gasteiger partial charge in [-0.3, -0.25) is 9.59 Å². The number of nitrogens with one attached hydrogen (secondary N) is 2. The third kappa shape index (κ3) is 3.36. The predicted octanol–water partition coefficient (Wildman–Crippen LogP) is 1.38. The molecule has 1 rings (SSSR count). The molecule has 5 heteroatoms. The zero-order valence-corrected chi connectivity index (χ0v) is 9.80. The molecule has 0 fully saturated rings. The van der Waals surface area contributed by atoms with Crippen LogP contribution < -0.4 is 10.6 Å². The number of rotatable bonds is 3. The number of anilines is 1. The average Bonchev–Trinajstić information content (AvgIpc) is 2.28. The number of hydrogen-bond donors (Lipinski definition) is 2. The highest BCUT2D eigenvalue weighted by Crippen LogP contribution is 2.10. The van der Waals surface area contributed by atoms with Crippen molar-refractivity contribution in [2.45, 2.75) is 0 Å². The van der Waals surface area contributed by atoms with Gasteiger partial charge in [0.25, 0.3) is 5.91 Å². The van der Waals surface area contributed by atoms with Crippen LogP contribution >= 0.6 is 15.9 Å². The normalized spacial score (nSPS) is 9.47. The summed E-state index contributed by atoms with van der Waals surface area (Å²) in [6.45, 7) is 0. The fraction of sp³-hybridized carbons (Fsp3) is 0.200. The van der Waals surface area contributed by atoms with Gasteiger partial charge in [0.2, 0.25) is 5.91 Å². The summed E-state index contributed by atoms with van der Waals surface area (Å²) in [5, 5.41) is 5.39. The molecule has 2 amide bonds. The van der Waals surface area contributed by atoms with Gasteiger partial charge in [-0.2, -0.15) is 0 Å². The maximum atomic E-state index is 11.3. The molecule has 0 heterocycles. The van der Waals surface area contributed by atoms with Crippen LogP contribution in [0.25, 0.3) is 0 Å². The second-order valence-corrected chi connectivity index (χ2v) is 3.40. The van der Waals surface area contributed by atoms with E-state index in [1.54, 1.807) is 31.3 Å². The first-order chi connectivity index (χ1) is 7.17. The van der Waals surface area contributed by atoms with Gasteiger partial charge < -0.3 is 10.6 Å². The van der Waals surface area contributed by atoms with E-state index in [0.717, 1.165) is 0 Å². The van der Waals surface area contributed by atoms with Crippen molar-refractivity contribution in [1.82, 2.24) is 5.32 Å². The number of halogens is 1. The summed E-state index contributed by atoms with van der Waals surface area (Å²) in [7, 11) is 1.56. The lowest BCUT2D eigenvalue weighted by molar-refractivity contribution is -0.113. The minimum absolute atomic E-state index is 0.149. The van der Waals surface area contributed by atoms with E-state index in [-0.39, 0.29) is 17.1 Å². The molecule has 0 aromatic heterocycles. The Morgan fingerprint density at radius 3 is 2.73 bits per heavy atom. The molecule has 0 spiro atoms. The monoisotopic (exact) mass is 270 g/mol. The molecule has 1 aromatic carbocycles. The van der Waals surface area contributed by atoms with Crippen molar-refractivity contribution in [3.63, 3.8) is 0 Å². The lowest BCUT2D eigenvalue weighted by Crippen LogP contribution is -2.18. The number of carbonyl (C=O) groups excluding carboxylic acids is 2. The zero-order chi connectivity index (χ0) is 11.3. The standard InChI is InChI=1S/C10H11BrN2O2/c1-12-10(15)7-3-2-4-8(5-7)13-9(14)6-11/h2-5H,6H2,1H3,(H,12,15)(H,13,14). The molecular formula is C10H11BrN2O2. The Morgan fingerprint density at radius 2 is 2.13 bits per heavy atom. The number of alkyl halides is 1. The van der Waals surface area contributed by atoms with Gasteiger partial charge in [0.1, 0.15) is 0 Å². The number of benzene rings is 1. The first-order valence-corrected chi connectivity index (χ1v) is 5.47. The number of carbonyl (C=O) groups is 2. The first kappa shape index (κ1) is 11.7. The van der Waals surface area contributed by atoms with E-state index < -0.39 is 0 Å². The Balaban J connectivity index is 2.83. The van der Waals surface area contributed by atoms with Crippen LogP contribution in [0, 0.1) is 0 Å². The maximum Gasteiger partial charge on any atom is 0.251 e. The summed E-state index contributed by atoms with van der Waals surface area (Å²) in [6.07, 6.45) is 0. The van der Waals surface area contributed by atoms with Crippen molar-refractivity contribution in [2.24, 2.45) is 0 Å². The number of hydrogen-bond acceptors (Lipinski definition) is 2. The SMILES string of the molecule is CNC(=O)c1cccc(NC(=O)CBr)c1. The fourth-order valence-electron chi connectivity index (χ4n) is 1.08. The molecule has 4 nitrogen and oxygen atoms in total. The largest absolute Gasteiger partial charge is 0.355 e. The van der Waals surface area contributed by atoms with E-state index in [2.05, 4.69) is 26.6 Å². The van der Waals surface area contributed by atoms with Crippen molar-refractivity contribution in [3.05, 3.63) is 29.8 Å². The molecule has 0 saturated carbocycles. The zero-order valence-electron chi connectivity index (χ0n) is 8.21. The summed E-state index contributed by atoms with van der Waals surface area (Å²) in [5.74, 6) is -0.325. The number of amides is 2. The Labute approximate surface area is 96.2 Å². The van der Waals surface area contributed by atoms with Crippen molar-refractivity contribution < 1.29 is 9.59 Å². The molecule has 0 radical (unpaired) electrons. The Bertz CT molecular complexity index is 379. The first-order valence-electron chi connectivity index (χ1n) is 4.35. The molecule has 0 aliphatic heterocycles. The van der Waals surface area contributed by atoms with E-state index in [9.17, 15) is 9.59 Å². The van der Waals surface area contributed by atoms with Gasteiger partial charge in [0.05, 0.1) is 5.33 Å². The van der Waals surface area contributed by atoms with Crippen LogP contribution in [0.15, 0.2) is 24.3 Å². The summed E-state index contributed by atoms with van der Waals surface area (Å²) in [4.78, 5) is 22.4. The van der Waals surface area contributed by atoms with E-state index in [1.807, 2.05) is 0 Å². The molecule has 0 bridgehead atoms. The Kier molecular flexibility index (Phi) is 4.30. The van der Waals surface area contributed by atoms with Gasteiger partial charge in [-0.15, -0.1) is 0 Å². The quantitative estimate of drug-likeness (QED) is 0.816. The summed E-state index contributed by atoms with van der Waals surface area (Å²) < 4.78 is 0. The highest BCUT2D eigenvalue weighted by atomic mass is 79.9. The molecule has 0 atom stereocenters. The molecule has 0 aliphatic carbocycles. The van der Waals surface area contributed by atoms with Crippen LogP contribution in [0.2, 0.25) is 0 Å². The van der Waals surface area contributed by atoms with Crippen LogP contribution in [-0.2, 0) is 4.79 Å². The molecular weight excluding hydrogens is 260 g/mol. The van der Waals surface area contributed by atoms with Crippen molar-refractivity contribution in [3.8, 4) is 0 Å². The van der Waals surface area contributed by atoms with E-state index in [0.29, 0.717) is 11.3 Å². The van der Waals surface area contributed by atoms with Crippen LogP contribution in [0.5, 0.6) is 0 Å². The van der Waals surface area contributed by atoms with Crippen molar-refractivity contribution in [2.75, 3.05) is 17.7 Å². The maximum absolute atomic E-state index is 11.3. The van der Waals surface area contributed by atoms with Crippen LogP contribution in [0.3, 0.4) is 0 Å². The fourth-order valence-corrected chi connectivity index (χ4v) is 1.22. The van der Waals surface area contributed by atoms with Gasteiger partial charge in [-0.1, -0.05) is 22.0 Å². The topological polar surface area (TPSA) is 58.2 Å². The van der Waals surface area contributed by atoms with Crippen molar-refractivity contribution >= 4 is 33.4 Å². The molecule has 0 aliphatic rings.